The third-order valence-corrected chi connectivity index (χ3v) is 3.65. The lowest BCUT2D eigenvalue weighted by molar-refractivity contribution is 0.0961. The lowest BCUT2D eigenvalue weighted by Crippen LogP contribution is -2.47. The van der Waals surface area contributed by atoms with Crippen LogP contribution in [-0.4, -0.2) is 62.8 Å². The molecule has 0 saturated carbocycles. The van der Waals surface area contributed by atoms with Gasteiger partial charge in [0.1, 0.15) is 0 Å². The van der Waals surface area contributed by atoms with E-state index < -0.39 is 0 Å². The molecule has 1 aliphatic rings. The summed E-state index contributed by atoms with van der Waals surface area (Å²) in [5.74, 6) is 0. The quantitative estimate of drug-likeness (QED) is 0.599. The van der Waals surface area contributed by atoms with Gasteiger partial charge in [-0.3, -0.25) is 4.90 Å². The Labute approximate surface area is 121 Å². The Balaban J connectivity index is 0.00000154. The maximum absolute atomic E-state index is 5.12. The van der Waals surface area contributed by atoms with Crippen LogP contribution in [0.25, 0.3) is 0 Å². The van der Waals surface area contributed by atoms with Crippen molar-refractivity contribution in [2.75, 3.05) is 53.0 Å². The van der Waals surface area contributed by atoms with Crippen LogP contribution in [0.2, 0.25) is 0 Å². The Morgan fingerprint density at radius 3 is 1.84 bits per heavy atom. The molecule has 0 aromatic carbocycles. The second kappa shape index (κ2) is 14.3. The van der Waals surface area contributed by atoms with Gasteiger partial charge < -0.3 is 9.64 Å². The molecule has 1 fully saturated rings. The zero-order valence-electron chi connectivity index (χ0n) is 13.8. The second-order valence-electron chi connectivity index (χ2n) is 5.09. The fraction of sp³-hybridized carbons (Fsp3) is 1.00. The molecule has 1 rings (SSSR count). The summed E-state index contributed by atoms with van der Waals surface area (Å²) in [4.78, 5) is 5.13. The van der Waals surface area contributed by atoms with E-state index >= 15 is 0 Å². The van der Waals surface area contributed by atoms with E-state index in [4.69, 9.17) is 4.74 Å². The lowest BCUT2D eigenvalue weighted by atomic mass is 10.1. The molecule has 116 valence electrons. The molecule has 1 aliphatic heterocycles. The summed E-state index contributed by atoms with van der Waals surface area (Å²) in [6, 6.07) is 0. The Kier molecular flexibility index (Phi) is 14.2. The van der Waals surface area contributed by atoms with E-state index in [0.29, 0.717) is 0 Å². The van der Waals surface area contributed by atoms with Crippen molar-refractivity contribution >= 4 is 0 Å². The number of hydrogen-bond acceptors (Lipinski definition) is 3. The summed E-state index contributed by atoms with van der Waals surface area (Å²) in [5, 5.41) is 0. The Bertz CT molecular complexity index is 165. The van der Waals surface area contributed by atoms with E-state index in [1.54, 1.807) is 7.11 Å². The lowest BCUT2D eigenvalue weighted by Gasteiger charge is -2.34. The van der Waals surface area contributed by atoms with Crippen LogP contribution in [0.5, 0.6) is 0 Å². The summed E-state index contributed by atoms with van der Waals surface area (Å²) in [6.45, 7) is 14.5. The van der Waals surface area contributed by atoms with Gasteiger partial charge in [-0.1, -0.05) is 46.5 Å². The van der Waals surface area contributed by atoms with Crippen molar-refractivity contribution in [3.63, 3.8) is 0 Å². The monoisotopic (exact) mass is 272 g/mol. The van der Waals surface area contributed by atoms with Gasteiger partial charge >= 0.3 is 0 Å². The number of nitrogens with zero attached hydrogens (tertiary/aromatic N) is 2. The SMILES string of the molecule is CC.CCCCCCCN1CCN(CCOC)CC1. The number of rotatable bonds is 9. The van der Waals surface area contributed by atoms with E-state index in [0.717, 1.165) is 13.2 Å². The van der Waals surface area contributed by atoms with Gasteiger partial charge in [-0.15, -0.1) is 0 Å². The van der Waals surface area contributed by atoms with Crippen LogP contribution in [0, 0.1) is 0 Å². The molecule has 0 aromatic heterocycles. The Hall–Kier alpha value is -0.120. The molecule has 0 radical (unpaired) electrons. The third-order valence-electron chi connectivity index (χ3n) is 3.65. The van der Waals surface area contributed by atoms with Crippen LogP contribution in [0.4, 0.5) is 0 Å². The predicted octanol–water partition coefficient (Wildman–Crippen LogP) is 3.25. The van der Waals surface area contributed by atoms with Crippen LogP contribution in [0.15, 0.2) is 0 Å². The summed E-state index contributed by atoms with van der Waals surface area (Å²) in [5.41, 5.74) is 0. The van der Waals surface area contributed by atoms with Gasteiger partial charge in [-0.05, 0) is 13.0 Å². The average Bonchev–Trinajstić information content (AvgIpc) is 2.48. The molecule has 0 spiro atoms. The average molecular weight is 272 g/mol. The molecular formula is C16H36N2O. The van der Waals surface area contributed by atoms with Crippen LogP contribution >= 0.6 is 0 Å². The maximum atomic E-state index is 5.12. The Morgan fingerprint density at radius 2 is 1.32 bits per heavy atom. The van der Waals surface area contributed by atoms with Crippen molar-refractivity contribution in [3.05, 3.63) is 0 Å². The zero-order chi connectivity index (χ0) is 14.3. The molecule has 3 nitrogen and oxygen atoms in total. The summed E-state index contributed by atoms with van der Waals surface area (Å²) < 4.78 is 5.12. The van der Waals surface area contributed by atoms with Gasteiger partial charge in [0.05, 0.1) is 6.61 Å². The predicted molar refractivity (Wildman–Crippen MR) is 84.9 cm³/mol. The minimum Gasteiger partial charge on any atom is -0.383 e. The molecule has 0 aromatic rings. The molecule has 1 heterocycles. The van der Waals surface area contributed by atoms with Crippen molar-refractivity contribution in [2.45, 2.75) is 52.9 Å². The summed E-state index contributed by atoms with van der Waals surface area (Å²) in [6.07, 6.45) is 6.98. The van der Waals surface area contributed by atoms with Crippen LogP contribution in [0.1, 0.15) is 52.9 Å². The van der Waals surface area contributed by atoms with Gasteiger partial charge in [0.15, 0.2) is 0 Å². The largest absolute Gasteiger partial charge is 0.383 e. The molecule has 3 heteroatoms. The van der Waals surface area contributed by atoms with Gasteiger partial charge in [-0.25, -0.2) is 0 Å². The number of hydrogen-bond donors (Lipinski definition) is 0. The van der Waals surface area contributed by atoms with Crippen molar-refractivity contribution in [1.82, 2.24) is 9.80 Å². The molecule has 0 amide bonds. The standard InChI is InChI=1S/C14H30N2O.C2H6/c1-3-4-5-6-7-8-15-9-11-16(12-10-15)13-14-17-2;1-2/h3-14H2,1-2H3;1-2H3. The topological polar surface area (TPSA) is 15.7 Å². The van der Waals surface area contributed by atoms with Crippen molar-refractivity contribution < 1.29 is 4.74 Å². The van der Waals surface area contributed by atoms with E-state index in [-0.39, 0.29) is 0 Å². The molecule has 0 atom stereocenters. The maximum Gasteiger partial charge on any atom is 0.0589 e. The second-order valence-corrected chi connectivity index (χ2v) is 5.09. The number of ether oxygens (including phenoxy) is 1. The highest BCUT2D eigenvalue weighted by atomic mass is 16.5. The van der Waals surface area contributed by atoms with Gasteiger partial charge in [-0.2, -0.15) is 0 Å². The first-order chi connectivity index (χ1) is 9.36. The number of unbranched alkanes of at least 4 members (excludes halogenated alkanes) is 4. The highest BCUT2D eigenvalue weighted by Crippen LogP contribution is 2.06. The highest BCUT2D eigenvalue weighted by molar-refractivity contribution is 4.71. The molecule has 0 bridgehead atoms. The van der Waals surface area contributed by atoms with Crippen molar-refractivity contribution in [2.24, 2.45) is 0 Å². The molecule has 0 unspecified atom stereocenters. The fourth-order valence-corrected chi connectivity index (χ4v) is 2.40. The van der Waals surface area contributed by atoms with E-state index in [2.05, 4.69) is 16.7 Å². The van der Waals surface area contributed by atoms with Gasteiger partial charge in [0, 0.05) is 39.8 Å². The number of piperazine rings is 1. The van der Waals surface area contributed by atoms with Gasteiger partial charge in [0.25, 0.3) is 0 Å². The molecular weight excluding hydrogens is 236 g/mol. The molecule has 0 aliphatic carbocycles. The smallest absolute Gasteiger partial charge is 0.0589 e. The van der Waals surface area contributed by atoms with E-state index in [9.17, 15) is 0 Å². The first-order valence-electron chi connectivity index (χ1n) is 8.30. The molecule has 1 saturated heterocycles. The molecule has 0 N–H and O–H groups in total. The fourth-order valence-electron chi connectivity index (χ4n) is 2.40. The Morgan fingerprint density at radius 1 is 0.789 bits per heavy atom. The highest BCUT2D eigenvalue weighted by Gasteiger charge is 2.15. The minimum atomic E-state index is 0.872. The van der Waals surface area contributed by atoms with Gasteiger partial charge in [0.2, 0.25) is 0 Å². The van der Waals surface area contributed by atoms with Crippen LogP contribution in [0.3, 0.4) is 0 Å². The summed E-state index contributed by atoms with van der Waals surface area (Å²) >= 11 is 0. The first-order valence-corrected chi connectivity index (χ1v) is 8.30. The summed E-state index contributed by atoms with van der Waals surface area (Å²) in [7, 11) is 1.78. The molecule has 19 heavy (non-hydrogen) atoms. The number of methoxy groups -OCH3 is 1. The first kappa shape index (κ1) is 18.9. The van der Waals surface area contributed by atoms with E-state index in [1.807, 2.05) is 13.8 Å². The normalized spacial score (nSPS) is 17.1. The van der Waals surface area contributed by atoms with Crippen molar-refractivity contribution in [1.29, 1.82) is 0 Å². The third kappa shape index (κ3) is 10.3. The van der Waals surface area contributed by atoms with Crippen molar-refractivity contribution in [3.8, 4) is 0 Å². The minimum absolute atomic E-state index is 0.872. The van der Waals surface area contributed by atoms with Crippen LogP contribution < -0.4 is 0 Å². The van der Waals surface area contributed by atoms with E-state index in [1.165, 1.54) is 64.8 Å². The van der Waals surface area contributed by atoms with Crippen LogP contribution in [-0.2, 0) is 4.74 Å². The zero-order valence-corrected chi connectivity index (χ0v) is 13.8.